The normalized spacial score (nSPS) is 10.4. The smallest absolute Gasteiger partial charge is 0.224 e. The van der Waals surface area contributed by atoms with Gasteiger partial charge in [0.25, 0.3) is 0 Å². The Balaban J connectivity index is 1.70. The van der Waals surface area contributed by atoms with Gasteiger partial charge < -0.3 is 10.6 Å². The van der Waals surface area contributed by atoms with Gasteiger partial charge in [0.05, 0.1) is 18.7 Å². The summed E-state index contributed by atoms with van der Waals surface area (Å²) < 4.78 is 0. The number of aromatic nitrogens is 3. The van der Waals surface area contributed by atoms with Gasteiger partial charge in [-0.25, -0.2) is 9.97 Å². The van der Waals surface area contributed by atoms with Gasteiger partial charge in [-0.1, -0.05) is 29.8 Å². The lowest BCUT2D eigenvalue weighted by molar-refractivity contribution is -0.120. The summed E-state index contributed by atoms with van der Waals surface area (Å²) in [5, 5.41) is 5.96. The van der Waals surface area contributed by atoms with Gasteiger partial charge in [0, 0.05) is 31.1 Å². The van der Waals surface area contributed by atoms with E-state index in [4.69, 9.17) is 0 Å². The van der Waals surface area contributed by atoms with Crippen molar-refractivity contribution in [2.24, 2.45) is 0 Å². The quantitative estimate of drug-likeness (QED) is 0.717. The van der Waals surface area contributed by atoms with Crippen molar-refractivity contribution < 1.29 is 4.79 Å². The first-order chi connectivity index (χ1) is 12.6. The Hall–Kier alpha value is -3.28. The minimum absolute atomic E-state index is 0.0364. The topological polar surface area (TPSA) is 79.8 Å². The molecule has 0 radical (unpaired) electrons. The number of amides is 1. The van der Waals surface area contributed by atoms with Crippen LogP contribution in [0.1, 0.15) is 16.8 Å². The maximum Gasteiger partial charge on any atom is 0.224 e. The third-order valence-corrected chi connectivity index (χ3v) is 3.89. The van der Waals surface area contributed by atoms with E-state index >= 15 is 0 Å². The van der Waals surface area contributed by atoms with Crippen LogP contribution in [0.3, 0.4) is 0 Å². The fourth-order valence-corrected chi connectivity index (χ4v) is 2.61. The first-order valence-corrected chi connectivity index (χ1v) is 8.42. The van der Waals surface area contributed by atoms with Gasteiger partial charge in [-0.2, -0.15) is 0 Å². The summed E-state index contributed by atoms with van der Waals surface area (Å²) in [6, 6.07) is 13.5. The number of hydrogen-bond donors (Lipinski definition) is 2. The summed E-state index contributed by atoms with van der Waals surface area (Å²) in [6.07, 6.45) is 3.75. The second-order valence-corrected chi connectivity index (χ2v) is 6.00. The number of hydrogen-bond acceptors (Lipinski definition) is 5. The minimum atomic E-state index is -0.0364. The number of carbonyl (C=O) groups is 1. The molecule has 2 heterocycles. The highest BCUT2D eigenvalue weighted by Crippen LogP contribution is 2.17. The van der Waals surface area contributed by atoms with E-state index in [0.29, 0.717) is 24.6 Å². The van der Waals surface area contributed by atoms with E-state index < -0.39 is 0 Å². The fraction of sp³-hybridized carbons (Fsp3) is 0.200. The van der Waals surface area contributed by atoms with Crippen LogP contribution in [0.15, 0.2) is 54.9 Å². The summed E-state index contributed by atoms with van der Waals surface area (Å²) >= 11 is 0. The molecule has 2 N–H and O–H groups in total. The number of pyridine rings is 1. The molecular weight excluding hydrogens is 326 g/mol. The van der Waals surface area contributed by atoms with Crippen molar-refractivity contribution in [2.75, 3.05) is 12.4 Å². The largest absolute Gasteiger partial charge is 0.373 e. The lowest BCUT2D eigenvalue weighted by Gasteiger charge is -2.09. The molecular formula is C20H21N5O. The Bertz CT molecular complexity index is 896. The molecule has 0 spiro atoms. The number of aryl methyl sites for hydroxylation is 1. The van der Waals surface area contributed by atoms with E-state index in [1.807, 2.05) is 49.4 Å². The molecule has 6 nitrogen and oxygen atoms in total. The van der Waals surface area contributed by atoms with Crippen LogP contribution >= 0.6 is 0 Å². The fourth-order valence-electron chi connectivity index (χ4n) is 2.61. The van der Waals surface area contributed by atoms with Crippen LogP contribution < -0.4 is 10.6 Å². The molecule has 3 rings (SSSR count). The molecule has 6 heteroatoms. The average molecular weight is 347 g/mol. The van der Waals surface area contributed by atoms with Gasteiger partial charge in [0.15, 0.2) is 5.82 Å². The third kappa shape index (κ3) is 4.63. The molecule has 3 aromatic rings. The third-order valence-electron chi connectivity index (χ3n) is 3.89. The number of rotatable bonds is 6. The van der Waals surface area contributed by atoms with E-state index in [0.717, 1.165) is 22.4 Å². The van der Waals surface area contributed by atoms with Crippen molar-refractivity contribution >= 4 is 11.7 Å². The zero-order valence-electron chi connectivity index (χ0n) is 14.9. The monoisotopic (exact) mass is 347 g/mol. The highest BCUT2D eigenvalue weighted by molar-refractivity contribution is 5.78. The zero-order valence-corrected chi connectivity index (χ0v) is 14.9. The Morgan fingerprint density at radius 1 is 1.08 bits per heavy atom. The van der Waals surface area contributed by atoms with E-state index in [2.05, 4.69) is 25.6 Å². The molecule has 0 aliphatic carbocycles. The number of nitrogens with zero attached hydrogens (tertiary/aromatic N) is 3. The minimum Gasteiger partial charge on any atom is -0.373 e. The van der Waals surface area contributed by atoms with Crippen LogP contribution in [0.2, 0.25) is 0 Å². The molecule has 1 aromatic carbocycles. The summed E-state index contributed by atoms with van der Waals surface area (Å²) in [6.45, 7) is 2.36. The first kappa shape index (κ1) is 17.5. The second-order valence-electron chi connectivity index (χ2n) is 6.00. The van der Waals surface area contributed by atoms with Crippen molar-refractivity contribution in [2.45, 2.75) is 19.9 Å². The average Bonchev–Trinajstić information content (AvgIpc) is 2.67. The van der Waals surface area contributed by atoms with Gasteiger partial charge in [0.1, 0.15) is 5.82 Å². The first-order valence-electron chi connectivity index (χ1n) is 8.42. The SMILES string of the molecule is CNc1cc(CNC(=O)Cc2cccc(C)c2)nc(-c2ccncc2)n1. The molecule has 0 unspecified atom stereocenters. The molecule has 0 aliphatic heterocycles. The summed E-state index contributed by atoms with van der Waals surface area (Å²) in [7, 11) is 1.80. The van der Waals surface area contributed by atoms with Crippen molar-refractivity contribution in [3.05, 3.63) is 71.7 Å². The van der Waals surface area contributed by atoms with E-state index in [9.17, 15) is 4.79 Å². The summed E-state index contributed by atoms with van der Waals surface area (Å²) in [5.74, 6) is 1.27. The zero-order chi connectivity index (χ0) is 18.4. The number of anilines is 1. The Kier molecular flexibility index (Phi) is 5.53. The van der Waals surface area contributed by atoms with Gasteiger partial charge in [-0.05, 0) is 24.6 Å². The molecule has 26 heavy (non-hydrogen) atoms. The molecule has 0 saturated heterocycles. The van der Waals surface area contributed by atoms with Crippen molar-refractivity contribution in [3.63, 3.8) is 0 Å². The lowest BCUT2D eigenvalue weighted by Crippen LogP contribution is -2.25. The standard InChI is InChI=1S/C20H21N5O/c1-14-4-3-5-15(10-14)11-19(26)23-13-17-12-18(21-2)25-20(24-17)16-6-8-22-9-7-16/h3-10,12H,11,13H2,1-2H3,(H,23,26)(H,21,24,25). The van der Waals surface area contributed by atoms with Crippen molar-refractivity contribution in [1.29, 1.82) is 0 Å². The number of carbonyl (C=O) groups excluding carboxylic acids is 1. The van der Waals surface area contributed by atoms with Gasteiger partial charge >= 0.3 is 0 Å². The lowest BCUT2D eigenvalue weighted by atomic mass is 10.1. The molecule has 132 valence electrons. The van der Waals surface area contributed by atoms with Gasteiger partial charge in [-0.3, -0.25) is 9.78 Å². The van der Waals surface area contributed by atoms with E-state index in [1.165, 1.54) is 0 Å². The summed E-state index contributed by atoms with van der Waals surface area (Å²) in [4.78, 5) is 25.3. The van der Waals surface area contributed by atoms with E-state index in [-0.39, 0.29) is 5.91 Å². The highest BCUT2D eigenvalue weighted by atomic mass is 16.1. The van der Waals surface area contributed by atoms with Crippen LogP contribution in [0, 0.1) is 6.92 Å². The predicted octanol–water partition coefficient (Wildman–Crippen LogP) is 2.75. The molecule has 2 aromatic heterocycles. The van der Waals surface area contributed by atoms with E-state index in [1.54, 1.807) is 19.4 Å². The van der Waals surface area contributed by atoms with Crippen LogP contribution in [0.4, 0.5) is 5.82 Å². The molecule has 1 amide bonds. The Morgan fingerprint density at radius 2 is 1.88 bits per heavy atom. The van der Waals surface area contributed by atoms with Crippen LogP contribution in [0.25, 0.3) is 11.4 Å². The molecule has 0 fully saturated rings. The van der Waals surface area contributed by atoms with Crippen molar-refractivity contribution in [3.8, 4) is 11.4 Å². The molecule has 0 saturated carbocycles. The maximum atomic E-state index is 12.2. The van der Waals surface area contributed by atoms with Gasteiger partial charge in [-0.15, -0.1) is 0 Å². The predicted molar refractivity (Wildman–Crippen MR) is 102 cm³/mol. The van der Waals surface area contributed by atoms with Crippen LogP contribution in [0.5, 0.6) is 0 Å². The Morgan fingerprint density at radius 3 is 2.62 bits per heavy atom. The van der Waals surface area contributed by atoms with Crippen molar-refractivity contribution in [1.82, 2.24) is 20.3 Å². The van der Waals surface area contributed by atoms with Gasteiger partial charge in [0.2, 0.25) is 5.91 Å². The Labute approximate surface area is 152 Å². The molecule has 0 aliphatic rings. The second kappa shape index (κ2) is 8.20. The van der Waals surface area contributed by atoms with Crippen LogP contribution in [-0.4, -0.2) is 27.9 Å². The molecule has 0 atom stereocenters. The summed E-state index contributed by atoms with van der Waals surface area (Å²) in [5.41, 5.74) is 3.77. The molecule has 0 bridgehead atoms. The number of nitrogens with one attached hydrogen (secondary N) is 2. The highest BCUT2D eigenvalue weighted by Gasteiger charge is 2.08. The van der Waals surface area contributed by atoms with Crippen LogP contribution in [-0.2, 0) is 17.8 Å². The number of benzene rings is 1. The maximum absolute atomic E-state index is 12.2.